The Morgan fingerprint density at radius 1 is 1.04 bits per heavy atom. The molecule has 138 valence electrons. The second-order valence-corrected chi connectivity index (χ2v) is 7.78. The smallest absolute Gasteiger partial charge is 0.233 e. The van der Waals surface area contributed by atoms with Gasteiger partial charge in [0.15, 0.2) is 0 Å². The van der Waals surface area contributed by atoms with E-state index in [9.17, 15) is 9.59 Å². The zero-order valence-electron chi connectivity index (χ0n) is 16.0. The first-order chi connectivity index (χ1) is 11.8. The van der Waals surface area contributed by atoms with Gasteiger partial charge in [-0.25, -0.2) is 0 Å². The van der Waals surface area contributed by atoms with E-state index < -0.39 is 0 Å². The third-order valence-electron chi connectivity index (χ3n) is 4.82. The average molecular weight is 345 g/mol. The molecule has 1 N–H and O–H groups in total. The van der Waals surface area contributed by atoms with Gasteiger partial charge in [0, 0.05) is 39.6 Å². The van der Waals surface area contributed by atoms with E-state index in [1.54, 1.807) is 7.05 Å². The van der Waals surface area contributed by atoms with Crippen molar-refractivity contribution in [3.63, 3.8) is 0 Å². The van der Waals surface area contributed by atoms with Gasteiger partial charge in [0.05, 0.1) is 6.54 Å². The van der Waals surface area contributed by atoms with Crippen molar-refractivity contribution >= 4 is 11.8 Å². The highest BCUT2D eigenvalue weighted by atomic mass is 16.2. The van der Waals surface area contributed by atoms with Crippen molar-refractivity contribution in [1.82, 2.24) is 15.1 Å². The van der Waals surface area contributed by atoms with Crippen LogP contribution in [0.25, 0.3) is 0 Å². The lowest BCUT2D eigenvalue weighted by Gasteiger charge is -2.34. The molecular weight excluding hydrogens is 314 g/mol. The van der Waals surface area contributed by atoms with Crippen molar-refractivity contribution in [3.05, 3.63) is 35.4 Å². The normalized spacial score (nSPS) is 15.9. The molecule has 0 bridgehead atoms. The van der Waals surface area contributed by atoms with E-state index in [0.29, 0.717) is 26.1 Å². The molecule has 25 heavy (non-hydrogen) atoms. The molecule has 1 aliphatic rings. The highest BCUT2D eigenvalue weighted by molar-refractivity contribution is 5.78. The standard InChI is InChI=1S/C20H31N3O2/c1-20(2,3)17-8-5-16(6-9-17)7-10-19(25)23-13-11-22(12-14-23)15-18(24)21-4/h5-6,8-9H,7,10-15H2,1-4H3,(H,21,24). The molecule has 0 radical (unpaired) electrons. The lowest BCUT2D eigenvalue weighted by atomic mass is 9.86. The Labute approximate surface area is 151 Å². The molecule has 5 nitrogen and oxygen atoms in total. The molecule has 0 spiro atoms. The second-order valence-electron chi connectivity index (χ2n) is 7.78. The summed E-state index contributed by atoms with van der Waals surface area (Å²) in [6.45, 7) is 9.97. The van der Waals surface area contributed by atoms with Crippen LogP contribution in [0.3, 0.4) is 0 Å². The van der Waals surface area contributed by atoms with Crippen LogP contribution in [0, 0.1) is 0 Å². The largest absolute Gasteiger partial charge is 0.358 e. The number of aryl methyl sites for hydroxylation is 1. The predicted octanol–water partition coefficient (Wildman–Crippen LogP) is 1.81. The Bertz CT molecular complexity index is 582. The summed E-state index contributed by atoms with van der Waals surface area (Å²) < 4.78 is 0. The van der Waals surface area contributed by atoms with Gasteiger partial charge in [-0.15, -0.1) is 0 Å². The number of nitrogens with one attached hydrogen (secondary N) is 1. The van der Waals surface area contributed by atoms with Gasteiger partial charge < -0.3 is 10.2 Å². The van der Waals surface area contributed by atoms with E-state index in [-0.39, 0.29) is 17.2 Å². The monoisotopic (exact) mass is 345 g/mol. The van der Waals surface area contributed by atoms with Crippen LogP contribution in [-0.2, 0) is 21.4 Å². The van der Waals surface area contributed by atoms with Crippen molar-refractivity contribution < 1.29 is 9.59 Å². The van der Waals surface area contributed by atoms with Crippen LogP contribution < -0.4 is 5.32 Å². The zero-order chi connectivity index (χ0) is 18.4. The molecule has 0 aliphatic carbocycles. The number of hydrogen-bond acceptors (Lipinski definition) is 3. The van der Waals surface area contributed by atoms with Crippen LogP contribution in [0.1, 0.15) is 38.3 Å². The van der Waals surface area contributed by atoms with Crippen LogP contribution >= 0.6 is 0 Å². The number of nitrogens with zero attached hydrogens (tertiary/aromatic N) is 2. The van der Waals surface area contributed by atoms with Crippen LogP contribution in [0.15, 0.2) is 24.3 Å². The number of rotatable bonds is 5. The first kappa shape index (κ1) is 19.4. The minimum absolute atomic E-state index is 0.0264. The van der Waals surface area contributed by atoms with Gasteiger partial charge in [-0.05, 0) is 23.0 Å². The molecule has 1 saturated heterocycles. The molecule has 1 fully saturated rings. The van der Waals surface area contributed by atoms with E-state index in [2.05, 4.69) is 55.3 Å². The predicted molar refractivity (Wildman–Crippen MR) is 101 cm³/mol. The minimum Gasteiger partial charge on any atom is -0.358 e. The molecule has 1 aromatic carbocycles. The van der Waals surface area contributed by atoms with E-state index in [0.717, 1.165) is 19.5 Å². The van der Waals surface area contributed by atoms with Gasteiger partial charge in [-0.2, -0.15) is 0 Å². The molecule has 2 amide bonds. The Hall–Kier alpha value is -1.88. The van der Waals surface area contributed by atoms with Gasteiger partial charge in [-0.3, -0.25) is 14.5 Å². The van der Waals surface area contributed by atoms with Gasteiger partial charge in [0.1, 0.15) is 0 Å². The average Bonchev–Trinajstić information content (AvgIpc) is 2.59. The number of hydrogen-bond donors (Lipinski definition) is 1. The maximum absolute atomic E-state index is 12.4. The summed E-state index contributed by atoms with van der Waals surface area (Å²) >= 11 is 0. The van der Waals surface area contributed by atoms with E-state index in [1.807, 2.05) is 4.90 Å². The molecule has 0 unspecified atom stereocenters. The molecule has 2 rings (SSSR count). The quantitative estimate of drug-likeness (QED) is 0.885. The topological polar surface area (TPSA) is 52.7 Å². The molecular formula is C20H31N3O2. The molecule has 0 atom stereocenters. The molecule has 0 aromatic heterocycles. The second kappa shape index (κ2) is 8.48. The number of amides is 2. The number of carbonyl (C=O) groups is 2. The first-order valence-electron chi connectivity index (χ1n) is 9.10. The lowest BCUT2D eigenvalue weighted by molar-refractivity contribution is -0.133. The first-order valence-corrected chi connectivity index (χ1v) is 9.10. The van der Waals surface area contributed by atoms with E-state index in [1.165, 1.54) is 11.1 Å². The van der Waals surface area contributed by atoms with E-state index >= 15 is 0 Å². The van der Waals surface area contributed by atoms with E-state index in [4.69, 9.17) is 0 Å². The molecule has 0 saturated carbocycles. The highest BCUT2D eigenvalue weighted by Gasteiger charge is 2.22. The Balaban J connectivity index is 1.77. The maximum Gasteiger partial charge on any atom is 0.233 e. The molecule has 1 heterocycles. The Morgan fingerprint density at radius 2 is 1.64 bits per heavy atom. The third kappa shape index (κ3) is 5.85. The summed E-state index contributed by atoms with van der Waals surface area (Å²) in [6.07, 6.45) is 1.33. The fourth-order valence-corrected chi connectivity index (χ4v) is 3.02. The van der Waals surface area contributed by atoms with Crippen molar-refractivity contribution in [3.8, 4) is 0 Å². The van der Waals surface area contributed by atoms with Crippen LogP contribution in [0.2, 0.25) is 0 Å². The Kier molecular flexibility index (Phi) is 6.59. The zero-order valence-corrected chi connectivity index (χ0v) is 16.0. The summed E-state index contributed by atoms with van der Waals surface area (Å²) in [6, 6.07) is 8.60. The Morgan fingerprint density at radius 3 is 2.16 bits per heavy atom. The number of carbonyl (C=O) groups excluding carboxylic acids is 2. The highest BCUT2D eigenvalue weighted by Crippen LogP contribution is 2.22. The lowest BCUT2D eigenvalue weighted by Crippen LogP contribution is -2.50. The van der Waals surface area contributed by atoms with Crippen molar-refractivity contribution in [2.24, 2.45) is 0 Å². The number of likely N-dealkylation sites (N-methyl/N-ethyl adjacent to an activating group) is 1. The van der Waals surface area contributed by atoms with Gasteiger partial charge in [-0.1, -0.05) is 45.0 Å². The SMILES string of the molecule is CNC(=O)CN1CCN(C(=O)CCc2ccc(C(C)(C)C)cc2)CC1. The number of benzene rings is 1. The summed E-state index contributed by atoms with van der Waals surface area (Å²) in [4.78, 5) is 27.8. The van der Waals surface area contributed by atoms with Crippen molar-refractivity contribution in [2.45, 2.75) is 39.0 Å². The summed E-state index contributed by atoms with van der Waals surface area (Å²) in [5, 5.41) is 2.64. The van der Waals surface area contributed by atoms with Crippen molar-refractivity contribution in [2.75, 3.05) is 39.8 Å². The van der Waals surface area contributed by atoms with Crippen molar-refractivity contribution in [1.29, 1.82) is 0 Å². The molecule has 1 aliphatic heterocycles. The van der Waals surface area contributed by atoms with Crippen LogP contribution in [-0.4, -0.2) is 61.4 Å². The third-order valence-corrected chi connectivity index (χ3v) is 4.82. The van der Waals surface area contributed by atoms with Gasteiger partial charge in [0.2, 0.25) is 11.8 Å². The van der Waals surface area contributed by atoms with Crippen LogP contribution in [0.4, 0.5) is 0 Å². The van der Waals surface area contributed by atoms with Crippen LogP contribution in [0.5, 0.6) is 0 Å². The van der Waals surface area contributed by atoms with Gasteiger partial charge >= 0.3 is 0 Å². The molecule has 1 aromatic rings. The fraction of sp³-hybridized carbons (Fsp3) is 0.600. The summed E-state index contributed by atoms with van der Waals surface area (Å²) in [5.41, 5.74) is 2.68. The fourth-order valence-electron chi connectivity index (χ4n) is 3.02. The number of piperazine rings is 1. The minimum atomic E-state index is 0.0264. The van der Waals surface area contributed by atoms with Gasteiger partial charge in [0.25, 0.3) is 0 Å². The summed E-state index contributed by atoms with van der Waals surface area (Å²) in [5.74, 6) is 0.234. The summed E-state index contributed by atoms with van der Waals surface area (Å²) in [7, 11) is 1.65. The maximum atomic E-state index is 12.4. The molecule has 5 heteroatoms.